The van der Waals surface area contributed by atoms with E-state index < -0.39 is 5.82 Å². The molecule has 0 heterocycles. The van der Waals surface area contributed by atoms with Crippen LogP contribution in [0.3, 0.4) is 0 Å². The van der Waals surface area contributed by atoms with Crippen LogP contribution in [0, 0.1) is 11.7 Å². The van der Waals surface area contributed by atoms with Crippen LogP contribution in [-0.4, -0.2) is 24.9 Å². The van der Waals surface area contributed by atoms with E-state index in [0.717, 1.165) is 19.4 Å². The van der Waals surface area contributed by atoms with Gasteiger partial charge in [-0.15, -0.1) is 0 Å². The summed E-state index contributed by atoms with van der Waals surface area (Å²) in [6.45, 7) is 5.14. The zero-order valence-electron chi connectivity index (χ0n) is 11.6. The molecule has 0 bridgehead atoms. The molecule has 1 unspecified atom stereocenters. The summed E-state index contributed by atoms with van der Waals surface area (Å²) in [6, 6.07) is 2.85. The van der Waals surface area contributed by atoms with Crippen molar-refractivity contribution in [1.29, 1.82) is 0 Å². The quantitative estimate of drug-likeness (QED) is 0.502. The van der Waals surface area contributed by atoms with E-state index in [1.807, 2.05) is 6.92 Å². The molecule has 4 nitrogen and oxygen atoms in total. The van der Waals surface area contributed by atoms with Gasteiger partial charge in [-0.05, 0) is 25.7 Å². The maximum atomic E-state index is 13.5. The van der Waals surface area contributed by atoms with Crippen molar-refractivity contribution in [3.63, 3.8) is 0 Å². The fourth-order valence-corrected chi connectivity index (χ4v) is 1.75. The Morgan fingerprint density at radius 1 is 1.47 bits per heavy atom. The maximum Gasteiger partial charge on any atom is 0.167 e. The topological polar surface area (TPSA) is 67.5 Å². The number of halogens is 1. The van der Waals surface area contributed by atoms with Crippen LogP contribution in [0.25, 0.3) is 0 Å². The van der Waals surface area contributed by atoms with Crippen LogP contribution in [0.15, 0.2) is 12.1 Å². The number of rotatable bonds is 8. The van der Waals surface area contributed by atoms with Crippen molar-refractivity contribution < 1.29 is 14.2 Å². The van der Waals surface area contributed by atoms with Gasteiger partial charge in [0.15, 0.2) is 11.6 Å². The number of nitrogens with one attached hydrogen (secondary N) is 1. The number of anilines is 2. The standard InChI is InChI=1S/C14H23FN2O2/c1-3-19-14-8-13(12(16)7-11(14)15)17-6-4-5-10(2)9-18/h7-8,10,17-18H,3-6,9,16H2,1-2H3. The lowest BCUT2D eigenvalue weighted by Crippen LogP contribution is -2.08. The van der Waals surface area contributed by atoms with Crippen LogP contribution < -0.4 is 15.8 Å². The summed E-state index contributed by atoms with van der Waals surface area (Å²) in [5, 5.41) is 12.1. The van der Waals surface area contributed by atoms with E-state index in [1.54, 1.807) is 13.0 Å². The van der Waals surface area contributed by atoms with E-state index >= 15 is 0 Å². The summed E-state index contributed by atoms with van der Waals surface area (Å²) in [7, 11) is 0. The molecule has 0 aliphatic rings. The second kappa shape index (κ2) is 7.84. The van der Waals surface area contributed by atoms with Gasteiger partial charge in [-0.3, -0.25) is 0 Å². The zero-order chi connectivity index (χ0) is 14.3. The zero-order valence-corrected chi connectivity index (χ0v) is 11.6. The highest BCUT2D eigenvalue weighted by Crippen LogP contribution is 2.28. The molecule has 0 fully saturated rings. The first-order valence-corrected chi connectivity index (χ1v) is 6.65. The molecule has 0 radical (unpaired) electrons. The molecule has 4 N–H and O–H groups in total. The first-order valence-electron chi connectivity index (χ1n) is 6.65. The Labute approximate surface area is 113 Å². The number of benzene rings is 1. The monoisotopic (exact) mass is 270 g/mol. The molecule has 5 heteroatoms. The molecule has 0 saturated heterocycles. The lowest BCUT2D eigenvalue weighted by Gasteiger charge is -2.13. The van der Waals surface area contributed by atoms with Gasteiger partial charge >= 0.3 is 0 Å². The van der Waals surface area contributed by atoms with E-state index in [2.05, 4.69) is 5.32 Å². The van der Waals surface area contributed by atoms with Crippen molar-refractivity contribution in [3.8, 4) is 5.75 Å². The molecule has 0 aliphatic carbocycles. The highest BCUT2D eigenvalue weighted by atomic mass is 19.1. The van der Waals surface area contributed by atoms with E-state index in [0.29, 0.717) is 23.9 Å². The Kier molecular flexibility index (Phi) is 6.42. The molecule has 0 spiro atoms. The fraction of sp³-hybridized carbons (Fsp3) is 0.571. The van der Waals surface area contributed by atoms with E-state index in [-0.39, 0.29) is 12.4 Å². The first kappa shape index (κ1) is 15.6. The Balaban J connectivity index is 2.55. The number of hydrogen-bond acceptors (Lipinski definition) is 4. The minimum Gasteiger partial charge on any atom is -0.491 e. The molecule has 1 atom stereocenters. The summed E-state index contributed by atoms with van der Waals surface area (Å²) in [4.78, 5) is 0. The van der Waals surface area contributed by atoms with Crippen molar-refractivity contribution in [2.45, 2.75) is 26.7 Å². The minimum atomic E-state index is -0.446. The lowest BCUT2D eigenvalue weighted by molar-refractivity contribution is 0.229. The lowest BCUT2D eigenvalue weighted by atomic mass is 10.1. The molecule has 108 valence electrons. The third kappa shape index (κ3) is 4.95. The van der Waals surface area contributed by atoms with Crippen molar-refractivity contribution in [3.05, 3.63) is 17.9 Å². The van der Waals surface area contributed by atoms with Crippen molar-refractivity contribution in [2.75, 3.05) is 30.8 Å². The Hall–Kier alpha value is -1.49. The molecule has 0 amide bonds. The van der Waals surface area contributed by atoms with Gasteiger partial charge < -0.3 is 20.9 Å². The molecule has 0 aromatic heterocycles. The number of nitrogen functional groups attached to an aromatic ring is 1. The van der Waals surface area contributed by atoms with Gasteiger partial charge in [0.2, 0.25) is 0 Å². The van der Waals surface area contributed by atoms with Gasteiger partial charge in [0, 0.05) is 25.3 Å². The summed E-state index contributed by atoms with van der Waals surface area (Å²) in [5.74, 6) is 0.0630. The molecule has 1 aromatic carbocycles. The van der Waals surface area contributed by atoms with Crippen molar-refractivity contribution in [1.82, 2.24) is 0 Å². The maximum absolute atomic E-state index is 13.5. The fourth-order valence-electron chi connectivity index (χ4n) is 1.75. The molecule has 1 rings (SSSR count). The number of aliphatic hydroxyl groups excluding tert-OH is 1. The van der Waals surface area contributed by atoms with Crippen molar-refractivity contribution >= 4 is 11.4 Å². The first-order chi connectivity index (χ1) is 9.08. The number of ether oxygens (including phenoxy) is 1. The van der Waals surface area contributed by atoms with Gasteiger partial charge in [-0.25, -0.2) is 4.39 Å². The average molecular weight is 270 g/mol. The summed E-state index contributed by atoms with van der Waals surface area (Å²) in [5.41, 5.74) is 6.81. The van der Waals surface area contributed by atoms with Crippen LogP contribution in [0.2, 0.25) is 0 Å². The van der Waals surface area contributed by atoms with E-state index in [1.165, 1.54) is 6.07 Å². The van der Waals surface area contributed by atoms with Crippen LogP contribution >= 0.6 is 0 Å². The van der Waals surface area contributed by atoms with E-state index in [9.17, 15) is 4.39 Å². The summed E-state index contributed by atoms with van der Waals surface area (Å²) >= 11 is 0. The highest BCUT2D eigenvalue weighted by Gasteiger charge is 2.08. The molecule has 0 saturated carbocycles. The second-order valence-corrected chi connectivity index (χ2v) is 4.66. The molecule has 1 aromatic rings. The molecular formula is C14H23FN2O2. The molecule has 19 heavy (non-hydrogen) atoms. The third-order valence-corrected chi connectivity index (χ3v) is 2.90. The molecule has 0 aliphatic heterocycles. The number of aliphatic hydroxyl groups is 1. The normalized spacial score (nSPS) is 12.2. The third-order valence-electron chi connectivity index (χ3n) is 2.90. The van der Waals surface area contributed by atoms with Crippen molar-refractivity contribution in [2.24, 2.45) is 5.92 Å². The van der Waals surface area contributed by atoms with Crippen LogP contribution in [0.4, 0.5) is 15.8 Å². The molecular weight excluding hydrogens is 247 g/mol. The summed E-state index contributed by atoms with van der Waals surface area (Å²) < 4.78 is 18.7. The van der Waals surface area contributed by atoms with Gasteiger partial charge in [-0.2, -0.15) is 0 Å². The van der Waals surface area contributed by atoms with Crippen LogP contribution in [0.5, 0.6) is 5.75 Å². The predicted molar refractivity (Wildman–Crippen MR) is 76.0 cm³/mol. The predicted octanol–water partition coefficient (Wildman–Crippen LogP) is 2.63. The SMILES string of the molecule is CCOc1cc(NCCCC(C)CO)c(N)cc1F. The Bertz CT molecular complexity index is 399. The van der Waals surface area contributed by atoms with Gasteiger partial charge in [-0.1, -0.05) is 6.92 Å². The number of hydrogen-bond donors (Lipinski definition) is 3. The Morgan fingerprint density at radius 2 is 2.21 bits per heavy atom. The second-order valence-electron chi connectivity index (χ2n) is 4.66. The largest absolute Gasteiger partial charge is 0.491 e. The summed E-state index contributed by atoms with van der Waals surface area (Å²) in [6.07, 6.45) is 1.85. The highest BCUT2D eigenvalue weighted by molar-refractivity contribution is 5.68. The van der Waals surface area contributed by atoms with Gasteiger partial charge in [0.25, 0.3) is 0 Å². The smallest absolute Gasteiger partial charge is 0.167 e. The van der Waals surface area contributed by atoms with E-state index in [4.69, 9.17) is 15.6 Å². The Morgan fingerprint density at radius 3 is 2.84 bits per heavy atom. The van der Waals surface area contributed by atoms with Crippen LogP contribution in [0.1, 0.15) is 26.7 Å². The van der Waals surface area contributed by atoms with Gasteiger partial charge in [0.1, 0.15) is 0 Å². The van der Waals surface area contributed by atoms with Gasteiger partial charge in [0.05, 0.1) is 18.0 Å². The number of nitrogens with two attached hydrogens (primary N) is 1. The average Bonchev–Trinajstić information content (AvgIpc) is 2.39. The van der Waals surface area contributed by atoms with Crippen LogP contribution in [-0.2, 0) is 0 Å². The minimum absolute atomic E-state index is 0.202.